The van der Waals surface area contributed by atoms with Crippen LogP contribution >= 0.6 is 0 Å². The summed E-state index contributed by atoms with van der Waals surface area (Å²) in [7, 11) is -2.23. The number of sulfonamides is 1. The minimum Gasteiger partial charge on any atom is -0.375 e. The molecule has 0 atom stereocenters. The predicted molar refractivity (Wildman–Crippen MR) is 101 cm³/mol. The van der Waals surface area contributed by atoms with Gasteiger partial charge < -0.3 is 9.64 Å². The fourth-order valence-electron chi connectivity index (χ4n) is 3.21. The number of rotatable bonds is 5. The van der Waals surface area contributed by atoms with E-state index in [0.717, 1.165) is 23.2 Å². The Bertz CT molecular complexity index is 954. The van der Waals surface area contributed by atoms with Crippen molar-refractivity contribution in [3.8, 4) is 0 Å². The lowest BCUT2D eigenvalue weighted by Crippen LogP contribution is -2.32. The van der Waals surface area contributed by atoms with Crippen molar-refractivity contribution in [2.75, 3.05) is 29.9 Å². The normalized spacial score (nSPS) is 13.6. The summed E-state index contributed by atoms with van der Waals surface area (Å²) < 4.78 is 33.0. The zero-order chi connectivity index (χ0) is 18.9. The largest absolute Gasteiger partial charge is 0.375 e. The number of nitrogens with zero attached hydrogens (tertiary/aromatic N) is 1. The van der Waals surface area contributed by atoms with E-state index in [2.05, 4.69) is 4.72 Å². The van der Waals surface area contributed by atoms with Gasteiger partial charge in [-0.3, -0.25) is 9.52 Å². The molecule has 0 fully saturated rings. The minimum absolute atomic E-state index is 0.00203. The number of benzene rings is 2. The minimum atomic E-state index is -3.70. The van der Waals surface area contributed by atoms with Crippen LogP contribution in [0.4, 0.5) is 11.4 Å². The Balaban J connectivity index is 1.89. The third-order valence-corrected chi connectivity index (χ3v) is 5.96. The third-order valence-electron chi connectivity index (χ3n) is 4.42. The van der Waals surface area contributed by atoms with Crippen molar-refractivity contribution in [2.45, 2.75) is 25.2 Å². The van der Waals surface area contributed by atoms with Crippen molar-refractivity contribution in [1.29, 1.82) is 0 Å². The molecule has 0 radical (unpaired) electrons. The van der Waals surface area contributed by atoms with Crippen LogP contribution in [0.5, 0.6) is 0 Å². The molecule has 26 heavy (non-hydrogen) atoms. The fourth-order valence-corrected chi connectivity index (χ4v) is 4.49. The molecule has 0 aromatic heterocycles. The van der Waals surface area contributed by atoms with Gasteiger partial charge in [0.25, 0.3) is 15.9 Å². The lowest BCUT2D eigenvalue weighted by atomic mass is 10.1. The Morgan fingerprint density at radius 3 is 2.65 bits per heavy atom. The first-order chi connectivity index (χ1) is 12.3. The molecule has 7 heteroatoms. The summed E-state index contributed by atoms with van der Waals surface area (Å²) in [5.41, 5.74) is 3.87. The Kier molecular flexibility index (Phi) is 5.02. The number of aryl methyl sites for hydroxylation is 2. The number of anilines is 2. The summed E-state index contributed by atoms with van der Waals surface area (Å²) >= 11 is 0. The number of ether oxygens (including phenoxy) is 1. The molecule has 1 amide bonds. The molecule has 0 spiro atoms. The lowest BCUT2D eigenvalue weighted by Gasteiger charge is -2.18. The molecule has 1 aliphatic rings. The first kappa shape index (κ1) is 18.4. The van der Waals surface area contributed by atoms with Gasteiger partial charge in [0.15, 0.2) is 0 Å². The molecule has 0 aliphatic carbocycles. The smallest absolute Gasteiger partial charge is 0.262 e. The quantitative estimate of drug-likeness (QED) is 0.873. The van der Waals surface area contributed by atoms with Crippen LogP contribution < -0.4 is 9.62 Å². The Morgan fingerprint density at radius 2 is 1.96 bits per heavy atom. The molecule has 0 bridgehead atoms. The lowest BCUT2D eigenvalue weighted by molar-refractivity contribution is -0.122. The van der Waals surface area contributed by atoms with Gasteiger partial charge in [-0.05, 0) is 49.6 Å². The van der Waals surface area contributed by atoms with E-state index in [-0.39, 0.29) is 17.4 Å². The van der Waals surface area contributed by atoms with Crippen LogP contribution in [0.1, 0.15) is 16.7 Å². The molecular formula is C19H22N2O4S. The summed E-state index contributed by atoms with van der Waals surface area (Å²) in [6.07, 6.45) is 0.745. The molecule has 0 saturated heterocycles. The van der Waals surface area contributed by atoms with Gasteiger partial charge in [-0.1, -0.05) is 23.8 Å². The molecule has 3 rings (SSSR count). The van der Waals surface area contributed by atoms with Gasteiger partial charge in [0, 0.05) is 19.3 Å². The SMILES string of the molecule is COCC(=O)N1CCc2ccc(NS(=O)(=O)c3ccc(C)cc3C)cc21. The molecule has 6 nitrogen and oxygen atoms in total. The molecule has 0 unspecified atom stereocenters. The van der Waals surface area contributed by atoms with Gasteiger partial charge in [-0.2, -0.15) is 0 Å². The summed E-state index contributed by atoms with van der Waals surface area (Å²) in [5.74, 6) is -0.138. The molecule has 1 N–H and O–H groups in total. The predicted octanol–water partition coefficient (Wildman–Crippen LogP) is 2.64. The van der Waals surface area contributed by atoms with Crippen molar-refractivity contribution < 1.29 is 17.9 Å². The van der Waals surface area contributed by atoms with Crippen LogP contribution in [0.2, 0.25) is 0 Å². The Morgan fingerprint density at radius 1 is 1.19 bits per heavy atom. The second kappa shape index (κ2) is 7.09. The Labute approximate surface area is 153 Å². The summed E-state index contributed by atoms with van der Waals surface area (Å²) in [6, 6.07) is 10.5. The van der Waals surface area contributed by atoms with Crippen LogP contribution in [0, 0.1) is 13.8 Å². The molecule has 1 heterocycles. The topological polar surface area (TPSA) is 75.7 Å². The summed E-state index contributed by atoms with van der Waals surface area (Å²) in [5, 5.41) is 0. The van der Waals surface area contributed by atoms with Gasteiger partial charge in [0.1, 0.15) is 6.61 Å². The molecular weight excluding hydrogens is 352 g/mol. The fraction of sp³-hybridized carbons (Fsp3) is 0.316. The zero-order valence-corrected chi connectivity index (χ0v) is 15.9. The number of nitrogens with one attached hydrogen (secondary N) is 1. The second-order valence-corrected chi connectivity index (χ2v) is 8.10. The average molecular weight is 374 g/mol. The molecule has 2 aromatic rings. The van der Waals surface area contributed by atoms with Crippen LogP contribution in [0.3, 0.4) is 0 Å². The van der Waals surface area contributed by atoms with Crippen molar-refractivity contribution in [1.82, 2.24) is 0 Å². The van der Waals surface area contributed by atoms with Crippen LogP contribution in [0.25, 0.3) is 0 Å². The van der Waals surface area contributed by atoms with E-state index in [9.17, 15) is 13.2 Å². The number of carbonyl (C=O) groups excluding carboxylic acids is 1. The monoisotopic (exact) mass is 374 g/mol. The highest BCUT2D eigenvalue weighted by Gasteiger charge is 2.25. The maximum atomic E-state index is 12.7. The van der Waals surface area contributed by atoms with Crippen molar-refractivity contribution in [3.05, 3.63) is 53.1 Å². The number of hydrogen-bond donors (Lipinski definition) is 1. The Hall–Kier alpha value is -2.38. The highest BCUT2D eigenvalue weighted by molar-refractivity contribution is 7.92. The van der Waals surface area contributed by atoms with Crippen LogP contribution in [-0.2, 0) is 26.0 Å². The molecule has 0 saturated carbocycles. The van der Waals surface area contributed by atoms with Crippen molar-refractivity contribution >= 4 is 27.3 Å². The summed E-state index contributed by atoms with van der Waals surface area (Å²) in [6.45, 7) is 4.26. The standard InChI is InChI=1S/C19H22N2O4S/c1-13-4-7-18(14(2)10-13)26(23,24)20-16-6-5-15-8-9-21(17(15)11-16)19(22)12-25-3/h4-7,10-11,20H,8-9,12H2,1-3H3. The number of amides is 1. The van der Waals surface area contributed by atoms with E-state index in [4.69, 9.17) is 4.74 Å². The van der Waals surface area contributed by atoms with Gasteiger partial charge >= 0.3 is 0 Å². The number of hydrogen-bond acceptors (Lipinski definition) is 4. The second-order valence-electron chi connectivity index (χ2n) is 6.45. The number of carbonyl (C=O) groups is 1. The first-order valence-electron chi connectivity index (χ1n) is 8.34. The van der Waals surface area contributed by atoms with Crippen molar-refractivity contribution in [2.24, 2.45) is 0 Å². The first-order valence-corrected chi connectivity index (χ1v) is 9.82. The maximum absolute atomic E-state index is 12.7. The number of fused-ring (bicyclic) bond motifs is 1. The average Bonchev–Trinajstić information content (AvgIpc) is 2.97. The zero-order valence-electron chi connectivity index (χ0n) is 15.1. The van der Waals surface area contributed by atoms with E-state index in [1.807, 2.05) is 19.1 Å². The van der Waals surface area contributed by atoms with Crippen LogP contribution in [-0.4, -0.2) is 34.6 Å². The number of methoxy groups -OCH3 is 1. The van der Waals surface area contributed by atoms with E-state index in [0.29, 0.717) is 17.8 Å². The highest BCUT2D eigenvalue weighted by atomic mass is 32.2. The molecule has 1 aliphatic heterocycles. The maximum Gasteiger partial charge on any atom is 0.262 e. The van der Waals surface area contributed by atoms with E-state index in [1.54, 1.807) is 36.1 Å². The van der Waals surface area contributed by atoms with Gasteiger partial charge in [0.05, 0.1) is 10.6 Å². The van der Waals surface area contributed by atoms with E-state index in [1.165, 1.54) is 7.11 Å². The highest BCUT2D eigenvalue weighted by Crippen LogP contribution is 2.32. The van der Waals surface area contributed by atoms with Gasteiger partial charge in [-0.15, -0.1) is 0 Å². The van der Waals surface area contributed by atoms with Crippen LogP contribution in [0.15, 0.2) is 41.3 Å². The van der Waals surface area contributed by atoms with Gasteiger partial charge in [0.2, 0.25) is 0 Å². The third kappa shape index (κ3) is 3.59. The summed E-state index contributed by atoms with van der Waals surface area (Å²) in [4.78, 5) is 14.0. The van der Waals surface area contributed by atoms with Crippen molar-refractivity contribution in [3.63, 3.8) is 0 Å². The molecule has 2 aromatic carbocycles. The van der Waals surface area contributed by atoms with E-state index < -0.39 is 10.0 Å². The molecule has 138 valence electrons. The van der Waals surface area contributed by atoms with Gasteiger partial charge in [-0.25, -0.2) is 8.42 Å². The van der Waals surface area contributed by atoms with E-state index >= 15 is 0 Å².